The maximum atomic E-state index is 9.49. The summed E-state index contributed by atoms with van der Waals surface area (Å²) in [5.74, 6) is 0.823. The molecule has 6 nitrogen and oxygen atoms in total. The van der Waals surface area contributed by atoms with E-state index in [-0.39, 0.29) is 17.4 Å². The van der Waals surface area contributed by atoms with Crippen LogP contribution in [0, 0.1) is 0 Å². The number of aliphatic hydroxyl groups is 1. The van der Waals surface area contributed by atoms with Crippen LogP contribution in [0.15, 0.2) is 0 Å². The number of anilines is 2. The van der Waals surface area contributed by atoms with Crippen LogP contribution >= 0.6 is 11.6 Å². The fourth-order valence-electron chi connectivity index (χ4n) is 2.13. The predicted molar refractivity (Wildman–Crippen MR) is 66.3 cm³/mol. The van der Waals surface area contributed by atoms with Crippen molar-refractivity contribution in [2.45, 2.75) is 31.2 Å². The van der Waals surface area contributed by atoms with E-state index in [1.807, 2.05) is 0 Å². The van der Waals surface area contributed by atoms with E-state index in [0.29, 0.717) is 11.9 Å². The molecule has 94 valence electrons. The van der Waals surface area contributed by atoms with Gasteiger partial charge in [-0.05, 0) is 24.4 Å². The zero-order valence-electron chi connectivity index (χ0n) is 9.70. The standard InChI is InChI=1S/C10H16ClN5O/c1-12-8-13-7(11)14-9(15-8)16-10(6-17)4-2-3-5-10/h17H,2-6H2,1H3,(H2,12,13,14,15,16). The molecular weight excluding hydrogens is 242 g/mol. The summed E-state index contributed by atoms with van der Waals surface area (Å²) in [6, 6.07) is 0. The van der Waals surface area contributed by atoms with Gasteiger partial charge in [0.05, 0.1) is 12.1 Å². The van der Waals surface area contributed by atoms with Crippen LogP contribution < -0.4 is 10.6 Å². The second-order valence-corrected chi connectivity index (χ2v) is 4.61. The van der Waals surface area contributed by atoms with Crippen molar-refractivity contribution < 1.29 is 5.11 Å². The molecule has 1 aliphatic rings. The molecule has 0 aromatic carbocycles. The lowest BCUT2D eigenvalue weighted by molar-refractivity contribution is 0.213. The molecule has 0 atom stereocenters. The van der Waals surface area contributed by atoms with E-state index in [2.05, 4.69) is 25.6 Å². The van der Waals surface area contributed by atoms with Crippen LogP contribution in [0.25, 0.3) is 0 Å². The maximum Gasteiger partial charge on any atom is 0.229 e. The van der Waals surface area contributed by atoms with Crippen LogP contribution in [-0.2, 0) is 0 Å². The second-order valence-electron chi connectivity index (χ2n) is 4.27. The third-order valence-electron chi connectivity index (χ3n) is 3.07. The third kappa shape index (κ3) is 2.76. The summed E-state index contributed by atoms with van der Waals surface area (Å²) < 4.78 is 0. The van der Waals surface area contributed by atoms with Crippen LogP contribution in [0.4, 0.5) is 11.9 Å². The first-order chi connectivity index (χ1) is 8.17. The Morgan fingerprint density at radius 2 is 1.88 bits per heavy atom. The molecule has 0 amide bonds. The summed E-state index contributed by atoms with van der Waals surface area (Å²) in [6.45, 7) is 0.0746. The van der Waals surface area contributed by atoms with Gasteiger partial charge in [-0.15, -0.1) is 0 Å². The largest absolute Gasteiger partial charge is 0.394 e. The number of nitrogens with one attached hydrogen (secondary N) is 2. The Bertz CT molecular complexity index is 394. The number of hydrogen-bond acceptors (Lipinski definition) is 6. The van der Waals surface area contributed by atoms with Crippen molar-refractivity contribution >= 4 is 23.5 Å². The van der Waals surface area contributed by atoms with Crippen LogP contribution in [0.5, 0.6) is 0 Å². The zero-order chi connectivity index (χ0) is 12.3. The molecule has 1 aromatic heterocycles. The molecular formula is C10H16ClN5O. The Labute approximate surface area is 105 Å². The predicted octanol–water partition coefficient (Wildman–Crippen LogP) is 1.28. The lowest BCUT2D eigenvalue weighted by atomic mass is 9.99. The molecule has 1 aromatic rings. The van der Waals surface area contributed by atoms with Gasteiger partial charge in [-0.1, -0.05) is 12.8 Å². The first-order valence-electron chi connectivity index (χ1n) is 5.66. The van der Waals surface area contributed by atoms with E-state index in [1.165, 1.54) is 0 Å². The minimum atomic E-state index is -0.310. The molecule has 1 fully saturated rings. The topological polar surface area (TPSA) is 83.0 Å². The molecule has 3 N–H and O–H groups in total. The Morgan fingerprint density at radius 1 is 1.24 bits per heavy atom. The molecule has 17 heavy (non-hydrogen) atoms. The Hall–Kier alpha value is -1.14. The van der Waals surface area contributed by atoms with Crippen molar-refractivity contribution in [3.8, 4) is 0 Å². The summed E-state index contributed by atoms with van der Waals surface area (Å²) in [6.07, 6.45) is 4.04. The highest BCUT2D eigenvalue weighted by Crippen LogP contribution is 2.32. The SMILES string of the molecule is CNc1nc(Cl)nc(NC2(CO)CCCC2)n1. The van der Waals surface area contributed by atoms with Crippen LogP contribution in [0.2, 0.25) is 5.28 Å². The number of rotatable bonds is 4. The van der Waals surface area contributed by atoms with E-state index in [1.54, 1.807) is 7.05 Å². The van der Waals surface area contributed by atoms with Gasteiger partial charge in [0.15, 0.2) is 0 Å². The molecule has 0 spiro atoms. The van der Waals surface area contributed by atoms with Gasteiger partial charge in [0.1, 0.15) is 0 Å². The summed E-state index contributed by atoms with van der Waals surface area (Å²) in [7, 11) is 1.72. The minimum Gasteiger partial charge on any atom is -0.394 e. The quantitative estimate of drug-likeness (QED) is 0.754. The fourth-order valence-corrected chi connectivity index (χ4v) is 2.29. The molecule has 7 heteroatoms. The number of halogens is 1. The average molecular weight is 258 g/mol. The summed E-state index contributed by atoms with van der Waals surface area (Å²) in [4.78, 5) is 12.1. The minimum absolute atomic E-state index is 0.0746. The number of aliphatic hydroxyl groups excluding tert-OH is 1. The second kappa shape index (κ2) is 5.01. The van der Waals surface area contributed by atoms with Gasteiger partial charge in [-0.2, -0.15) is 15.0 Å². The first-order valence-corrected chi connectivity index (χ1v) is 6.04. The lowest BCUT2D eigenvalue weighted by Crippen LogP contribution is -2.39. The van der Waals surface area contributed by atoms with Gasteiger partial charge in [-0.3, -0.25) is 0 Å². The van der Waals surface area contributed by atoms with Gasteiger partial charge in [0.25, 0.3) is 0 Å². The zero-order valence-corrected chi connectivity index (χ0v) is 10.5. The van der Waals surface area contributed by atoms with Gasteiger partial charge in [0.2, 0.25) is 17.2 Å². The molecule has 0 unspecified atom stereocenters. The normalized spacial score (nSPS) is 18.1. The average Bonchev–Trinajstić information content (AvgIpc) is 2.77. The van der Waals surface area contributed by atoms with Gasteiger partial charge < -0.3 is 15.7 Å². The van der Waals surface area contributed by atoms with Crippen molar-refractivity contribution in [1.29, 1.82) is 0 Å². The van der Waals surface area contributed by atoms with Crippen molar-refractivity contribution in [3.63, 3.8) is 0 Å². The molecule has 0 radical (unpaired) electrons. The maximum absolute atomic E-state index is 9.49. The molecule has 1 heterocycles. The van der Waals surface area contributed by atoms with Crippen molar-refractivity contribution in [2.24, 2.45) is 0 Å². The molecule has 2 rings (SSSR count). The monoisotopic (exact) mass is 257 g/mol. The molecule has 1 saturated carbocycles. The van der Waals surface area contributed by atoms with Crippen LogP contribution in [-0.4, -0.2) is 39.3 Å². The van der Waals surface area contributed by atoms with Crippen LogP contribution in [0.1, 0.15) is 25.7 Å². The number of hydrogen-bond donors (Lipinski definition) is 3. The highest BCUT2D eigenvalue weighted by molar-refractivity contribution is 6.28. The highest BCUT2D eigenvalue weighted by Gasteiger charge is 2.33. The van der Waals surface area contributed by atoms with E-state index in [0.717, 1.165) is 25.7 Å². The summed E-state index contributed by atoms with van der Waals surface area (Å²) in [5, 5.41) is 15.6. The van der Waals surface area contributed by atoms with E-state index < -0.39 is 0 Å². The first kappa shape index (κ1) is 12.3. The van der Waals surface area contributed by atoms with E-state index >= 15 is 0 Å². The van der Waals surface area contributed by atoms with Crippen LogP contribution in [0.3, 0.4) is 0 Å². The van der Waals surface area contributed by atoms with Gasteiger partial charge in [0, 0.05) is 7.05 Å². The Morgan fingerprint density at radius 3 is 2.47 bits per heavy atom. The molecule has 0 saturated heterocycles. The van der Waals surface area contributed by atoms with Gasteiger partial charge >= 0.3 is 0 Å². The lowest BCUT2D eigenvalue weighted by Gasteiger charge is -2.27. The number of aromatic nitrogens is 3. The Balaban J connectivity index is 2.19. The summed E-state index contributed by atoms with van der Waals surface area (Å²) in [5.41, 5.74) is -0.310. The fraction of sp³-hybridized carbons (Fsp3) is 0.700. The molecule has 0 aliphatic heterocycles. The third-order valence-corrected chi connectivity index (χ3v) is 3.24. The van der Waals surface area contributed by atoms with E-state index in [9.17, 15) is 5.11 Å². The highest BCUT2D eigenvalue weighted by atomic mass is 35.5. The van der Waals surface area contributed by atoms with Gasteiger partial charge in [-0.25, -0.2) is 0 Å². The Kier molecular flexibility index (Phi) is 3.63. The molecule has 1 aliphatic carbocycles. The van der Waals surface area contributed by atoms with Crippen molar-refractivity contribution in [2.75, 3.05) is 24.3 Å². The number of nitrogens with zero attached hydrogens (tertiary/aromatic N) is 3. The van der Waals surface area contributed by atoms with Crippen molar-refractivity contribution in [3.05, 3.63) is 5.28 Å². The summed E-state index contributed by atoms with van der Waals surface area (Å²) >= 11 is 5.80. The van der Waals surface area contributed by atoms with Crippen molar-refractivity contribution in [1.82, 2.24) is 15.0 Å². The smallest absolute Gasteiger partial charge is 0.229 e. The molecule has 0 bridgehead atoms. The van der Waals surface area contributed by atoms with E-state index in [4.69, 9.17) is 11.6 Å².